The van der Waals surface area contributed by atoms with Crippen LogP contribution in [0.5, 0.6) is 0 Å². The van der Waals surface area contributed by atoms with Crippen molar-refractivity contribution >= 4 is 40.6 Å². The zero-order chi connectivity index (χ0) is 20.5. The van der Waals surface area contributed by atoms with E-state index in [-0.39, 0.29) is 18.2 Å². The number of piperazine rings is 1. The van der Waals surface area contributed by atoms with Crippen molar-refractivity contribution in [3.05, 3.63) is 17.2 Å². The van der Waals surface area contributed by atoms with Crippen LogP contribution in [0.2, 0.25) is 0 Å². The molecule has 1 aromatic heterocycles. The first kappa shape index (κ1) is 20.1. The van der Waals surface area contributed by atoms with Crippen LogP contribution in [0.1, 0.15) is 26.5 Å². The fourth-order valence-corrected chi connectivity index (χ4v) is 3.85. The van der Waals surface area contributed by atoms with Crippen molar-refractivity contribution in [2.75, 3.05) is 38.2 Å². The van der Waals surface area contributed by atoms with E-state index < -0.39 is 11.6 Å². The Bertz CT molecular complexity index is 800. The Labute approximate surface area is 167 Å². The minimum Gasteiger partial charge on any atom is -0.466 e. The van der Waals surface area contributed by atoms with Crippen LogP contribution < -0.4 is 4.90 Å². The maximum Gasteiger partial charge on any atom is 0.410 e. The Morgan fingerprint density at radius 3 is 2.71 bits per heavy atom. The summed E-state index contributed by atoms with van der Waals surface area (Å²) < 4.78 is 9.99. The number of hydrogen-bond acceptors (Lipinski definition) is 7. The third-order valence-corrected chi connectivity index (χ3v) is 5.22. The van der Waals surface area contributed by atoms with Gasteiger partial charge in [-0.15, -0.1) is 11.3 Å². The third-order valence-electron chi connectivity index (χ3n) is 4.34. The molecule has 28 heavy (non-hydrogen) atoms. The van der Waals surface area contributed by atoms with E-state index in [2.05, 4.69) is 9.72 Å². The molecule has 0 bridgehead atoms. The normalized spacial score (nSPS) is 19.9. The highest BCUT2D eigenvalue weighted by Crippen LogP contribution is 2.29. The lowest BCUT2D eigenvalue weighted by Gasteiger charge is -2.36. The Morgan fingerprint density at radius 1 is 1.29 bits per heavy atom. The Morgan fingerprint density at radius 2 is 2.04 bits per heavy atom. The highest BCUT2D eigenvalue weighted by molar-refractivity contribution is 7.14. The predicted octanol–water partition coefficient (Wildman–Crippen LogP) is 2.19. The van der Waals surface area contributed by atoms with E-state index in [1.165, 1.54) is 24.5 Å². The number of nitrogens with zero attached hydrogens (tertiary/aromatic N) is 4. The Hall–Kier alpha value is -2.62. The lowest BCUT2D eigenvalue weighted by Crippen LogP contribution is -2.54. The summed E-state index contributed by atoms with van der Waals surface area (Å²) in [5.41, 5.74) is 0.0271. The fraction of sp³-hybridized carbons (Fsp3) is 0.556. The van der Waals surface area contributed by atoms with Crippen molar-refractivity contribution in [1.29, 1.82) is 0 Å². The van der Waals surface area contributed by atoms with Crippen molar-refractivity contribution in [1.82, 2.24) is 14.8 Å². The van der Waals surface area contributed by atoms with Crippen LogP contribution >= 0.6 is 11.3 Å². The summed E-state index contributed by atoms with van der Waals surface area (Å²) in [7, 11) is 1.30. The number of esters is 1. The monoisotopic (exact) mass is 408 g/mol. The van der Waals surface area contributed by atoms with E-state index in [0.29, 0.717) is 37.0 Å². The molecule has 0 saturated carbocycles. The van der Waals surface area contributed by atoms with Crippen LogP contribution in [0, 0.1) is 0 Å². The number of carbonyl (C=O) groups excluding carboxylic acids is 3. The standard InChI is InChI=1S/C18H24N4O5S/c1-18(2,3)27-17(25)20-7-8-21-13(9-20)10-22(16(21)24)15-19-12(11-28-15)5-6-14(23)26-4/h5-6,11,13H,7-10H2,1-4H3. The zero-order valence-corrected chi connectivity index (χ0v) is 17.2. The summed E-state index contributed by atoms with van der Waals surface area (Å²) in [5, 5.41) is 2.33. The number of anilines is 1. The van der Waals surface area contributed by atoms with Crippen molar-refractivity contribution in [3.63, 3.8) is 0 Å². The van der Waals surface area contributed by atoms with E-state index in [1.54, 1.807) is 26.2 Å². The zero-order valence-electron chi connectivity index (χ0n) is 16.4. The summed E-state index contributed by atoms with van der Waals surface area (Å²) in [4.78, 5) is 45.7. The summed E-state index contributed by atoms with van der Waals surface area (Å²) >= 11 is 1.33. The molecule has 3 rings (SSSR count). The average molecular weight is 408 g/mol. The van der Waals surface area contributed by atoms with Gasteiger partial charge in [0.25, 0.3) is 0 Å². The predicted molar refractivity (Wildman–Crippen MR) is 104 cm³/mol. The average Bonchev–Trinajstić information content (AvgIpc) is 3.22. The number of amides is 3. The Balaban J connectivity index is 1.66. The van der Waals surface area contributed by atoms with Gasteiger partial charge >= 0.3 is 18.1 Å². The number of rotatable bonds is 3. The lowest BCUT2D eigenvalue weighted by molar-refractivity contribution is -0.134. The minimum atomic E-state index is -0.555. The first-order chi connectivity index (χ1) is 13.2. The maximum atomic E-state index is 12.8. The molecule has 0 spiro atoms. The number of ether oxygens (including phenoxy) is 2. The van der Waals surface area contributed by atoms with E-state index in [9.17, 15) is 14.4 Å². The van der Waals surface area contributed by atoms with Crippen LogP contribution in [0.4, 0.5) is 14.7 Å². The molecular weight excluding hydrogens is 384 g/mol. The minimum absolute atomic E-state index is 0.105. The molecule has 2 aliphatic rings. The molecule has 3 heterocycles. The fourth-order valence-electron chi connectivity index (χ4n) is 3.06. The van der Waals surface area contributed by atoms with Gasteiger partial charge in [0, 0.05) is 31.1 Å². The molecule has 9 nitrogen and oxygen atoms in total. The van der Waals surface area contributed by atoms with Gasteiger partial charge < -0.3 is 19.3 Å². The van der Waals surface area contributed by atoms with Gasteiger partial charge in [-0.05, 0) is 26.8 Å². The van der Waals surface area contributed by atoms with Crippen LogP contribution in [0.15, 0.2) is 11.5 Å². The van der Waals surface area contributed by atoms with E-state index in [1.807, 2.05) is 20.8 Å². The summed E-state index contributed by atoms with van der Waals surface area (Å²) in [5.74, 6) is -0.467. The smallest absolute Gasteiger partial charge is 0.410 e. The molecule has 2 saturated heterocycles. The second kappa shape index (κ2) is 7.78. The summed E-state index contributed by atoms with van der Waals surface area (Å²) in [6.45, 7) is 7.27. The lowest BCUT2D eigenvalue weighted by atomic mass is 10.2. The number of carbonyl (C=O) groups is 3. The van der Waals surface area contributed by atoms with Crippen molar-refractivity contribution < 1.29 is 23.9 Å². The van der Waals surface area contributed by atoms with E-state index in [4.69, 9.17) is 4.74 Å². The summed E-state index contributed by atoms with van der Waals surface area (Å²) in [6, 6.07) is -0.224. The largest absolute Gasteiger partial charge is 0.466 e. The van der Waals surface area contributed by atoms with E-state index >= 15 is 0 Å². The number of thiazole rings is 1. The molecule has 0 radical (unpaired) electrons. The van der Waals surface area contributed by atoms with E-state index in [0.717, 1.165) is 0 Å². The number of urea groups is 1. The van der Waals surface area contributed by atoms with Crippen molar-refractivity contribution in [2.24, 2.45) is 0 Å². The van der Waals surface area contributed by atoms with Crippen LogP contribution in [-0.4, -0.2) is 77.8 Å². The molecule has 0 N–H and O–H groups in total. The van der Waals surface area contributed by atoms with Crippen LogP contribution in [-0.2, 0) is 14.3 Å². The molecule has 0 aliphatic carbocycles. The third kappa shape index (κ3) is 4.44. The van der Waals surface area contributed by atoms with Gasteiger partial charge in [-0.1, -0.05) is 0 Å². The maximum absolute atomic E-state index is 12.8. The van der Waals surface area contributed by atoms with Gasteiger partial charge in [-0.3, -0.25) is 4.90 Å². The highest BCUT2D eigenvalue weighted by Gasteiger charge is 2.43. The molecule has 152 valence electrons. The molecule has 1 unspecified atom stereocenters. The molecule has 1 atom stereocenters. The topological polar surface area (TPSA) is 92.3 Å². The first-order valence-corrected chi connectivity index (χ1v) is 9.83. The second-order valence-corrected chi connectivity index (χ2v) is 8.41. The number of aromatic nitrogens is 1. The SMILES string of the molecule is COC(=O)C=Cc1csc(N2CC3CN(C(=O)OC(C)(C)C)CCN3C2=O)n1. The van der Waals surface area contributed by atoms with Crippen LogP contribution in [0.3, 0.4) is 0 Å². The molecule has 10 heteroatoms. The number of fused-ring (bicyclic) bond motifs is 1. The van der Waals surface area contributed by atoms with Gasteiger partial charge in [0.15, 0.2) is 5.13 Å². The molecular formula is C18H24N4O5S. The van der Waals surface area contributed by atoms with Gasteiger partial charge in [-0.2, -0.15) is 0 Å². The molecule has 3 amide bonds. The molecule has 0 aromatic carbocycles. The second-order valence-electron chi connectivity index (χ2n) is 7.58. The van der Waals surface area contributed by atoms with Crippen LogP contribution in [0.25, 0.3) is 6.08 Å². The van der Waals surface area contributed by atoms with Gasteiger partial charge in [0.2, 0.25) is 0 Å². The van der Waals surface area contributed by atoms with Gasteiger partial charge in [0.05, 0.1) is 25.4 Å². The van der Waals surface area contributed by atoms with Crippen molar-refractivity contribution in [3.8, 4) is 0 Å². The molecule has 2 fully saturated rings. The highest BCUT2D eigenvalue weighted by atomic mass is 32.1. The number of methoxy groups -OCH3 is 1. The number of hydrogen-bond donors (Lipinski definition) is 0. The summed E-state index contributed by atoms with van der Waals surface area (Å²) in [6.07, 6.45) is 2.47. The van der Waals surface area contributed by atoms with Gasteiger partial charge in [0.1, 0.15) is 5.60 Å². The first-order valence-electron chi connectivity index (χ1n) is 8.95. The Kier molecular flexibility index (Phi) is 5.59. The molecule has 2 aliphatic heterocycles. The van der Waals surface area contributed by atoms with Crippen molar-refractivity contribution in [2.45, 2.75) is 32.4 Å². The molecule has 1 aromatic rings. The van der Waals surface area contributed by atoms with Gasteiger partial charge in [-0.25, -0.2) is 19.4 Å². The quantitative estimate of drug-likeness (QED) is 0.562.